The summed E-state index contributed by atoms with van der Waals surface area (Å²) < 4.78 is 5.36. The van der Waals surface area contributed by atoms with Gasteiger partial charge in [0.15, 0.2) is 0 Å². The van der Waals surface area contributed by atoms with Gasteiger partial charge in [-0.05, 0) is 29.6 Å². The van der Waals surface area contributed by atoms with E-state index in [-0.39, 0.29) is 5.41 Å². The van der Waals surface area contributed by atoms with Crippen molar-refractivity contribution < 1.29 is 4.65 Å². The van der Waals surface area contributed by atoms with E-state index in [0.29, 0.717) is 6.61 Å². The maximum Gasteiger partial charge on any atom is 0.330 e. The molecule has 1 aromatic rings. The highest BCUT2D eigenvalue weighted by atomic mass is 32.2. The van der Waals surface area contributed by atoms with E-state index in [1.807, 2.05) is 19.2 Å². The lowest BCUT2D eigenvalue weighted by molar-refractivity contribution is 0.345. The Morgan fingerprint density at radius 1 is 1.35 bits per heavy atom. The second kappa shape index (κ2) is 5.67. The molecule has 101 valence electrons. The maximum absolute atomic E-state index is 5.36. The van der Waals surface area contributed by atoms with E-state index >= 15 is 0 Å². The van der Waals surface area contributed by atoms with Crippen molar-refractivity contribution in [2.75, 3.05) is 0 Å². The van der Waals surface area contributed by atoms with Crippen LogP contribution >= 0.6 is 11.8 Å². The van der Waals surface area contributed by atoms with E-state index in [1.165, 1.54) is 20.8 Å². The maximum atomic E-state index is 5.36. The molecular formula is C17H18BOS. The van der Waals surface area contributed by atoms with Gasteiger partial charge in [-0.15, -0.1) is 0 Å². The monoisotopic (exact) mass is 281 g/mol. The molecule has 0 fully saturated rings. The minimum absolute atomic E-state index is 0.151. The Labute approximate surface area is 126 Å². The second-order valence-corrected chi connectivity index (χ2v) is 6.66. The average molecular weight is 281 g/mol. The first-order chi connectivity index (χ1) is 9.68. The number of hydrogen-bond donors (Lipinski definition) is 0. The quantitative estimate of drug-likeness (QED) is 0.775. The molecule has 0 bridgehead atoms. The number of allylic oxidation sites excluding steroid dienone is 5. The zero-order valence-electron chi connectivity index (χ0n) is 11.9. The summed E-state index contributed by atoms with van der Waals surface area (Å²) in [6.07, 6.45) is 12.2. The molecule has 1 atom stereocenters. The highest BCUT2D eigenvalue weighted by Gasteiger charge is 2.18. The van der Waals surface area contributed by atoms with E-state index in [1.54, 1.807) is 0 Å². The molecule has 0 aromatic heterocycles. The molecule has 1 heterocycles. The van der Waals surface area contributed by atoms with Crippen molar-refractivity contribution in [2.45, 2.75) is 31.8 Å². The minimum atomic E-state index is 0.151. The fourth-order valence-corrected chi connectivity index (χ4v) is 3.43. The van der Waals surface area contributed by atoms with Crippen LogP contribution in [0.4, 0.5) is 0 Å². The third-order valence-corrected chi connectivity index (χ3v) is 4.86. The Kier molecular flexibility index (Phi) is 3.90. The zero-order chi connectivity index (χ0) is 14.0. The summed E-state index contributed by atoms with van der Waals surface area (Å²) in [5.41, 5.74) is 2.64. The largest absolute Gasteiger partial charge is 0.430 e. The summed E-state index contributed by atoms with van der Waals surface area (Å²) in [6.45, 7) is 5.22. The van der Waals surface area contributed by atoms with Crippen molar-refractivity contribution in [1.82, 2.24) is 0 Å². The summed E-state index contributed by atoms with van der Waals surface area (Å²) in [4.78, 5) is 2.57. The number of thioether (sulfide) groups is 1. The normalized spacial score (nSPS) is 24.0. The van der Waals surface area contributed by atoms with Gasteiger partial charge in [0.2, 0.25) is 0 Å². The molecule has 1 radical (unpaired) electrons. The molecule has 0 saturated heterocycles. The Hall–Kier alpha value is -1.19. The molecule has 1 aliphatic heterocycles. The van der Waals surface area contributed by atoms with Crippen LogP contribution in [0.3, 0.4) is 0 Å². The molecule has 0 spiro atoms. The Morgan fingerprint density at radius 3 is 3.10 bits per heavy atom. The van der Waals surface area contributed by atoms with Crippen molar-refractivity contribution >= 4 is 24.7 Å². The van der Waals surface area contributed by atoms with Crippen molar-refractivity contribution in [1.29, 1.82) is 0 Å². The number of hydrogen-bond acceptors (Lipinski definition) is 2. The highest BCUT2D eigenvalue weighted by molar-refractivity contribution is 8.03. The lowest BCUT2D eigenvalue weighted by atomic mass is 9.87. The van der Waals surface area contributed by atoms with Gasteiger partial charge in [0.25, 0.3) is 0 Å². The van der Waals surface area contributed by atoms with Crippen LogP contribution in [0.25, 0.3) is 0 Å². The van der Waals surface area contributed by atoms with Gasteiger partial charge in [-0.3, -0.25) is 0 Å². The molecule has 2 aliphatic rings. The van der Waals surface area contributed by atoms with Crippen LogP contribution in [-0.2, 0) is 11.3 Å². The van der Waals surface area contributed by atoms with Crippen LogP contribution < -0.4 is 5.46 Å². The van der Waals surface area contributed by atoms with Gasteiger partial charge in [-0.2, -0.15) is 0 Å². The summed E-state index contributed by atoms with van der Waals surface area (Å²) in [7, 11) is 1.86. The zero-order valence-corrected chi connectivity index (χ0v) is 12.7. The number of fused-ring (bicyclic) bond motifs is 1. The van der Waals surface area contributed by atoms with Crippen LogP contribution in [-0.4, -0.2) is 7.48 Å². The van der Waals surface area contributed by atoms with Crippen LogP contribution in [0.5, 0.6) is 0 Å². The van der Waals surface area contributed by atoms with Crippen LogP contribution in [0.15, 0.2) is 58.4 Å². The summed E-state index contributed by atoms with van der Waals surface area (Å²) in [6, 6.07) is 6.56. The fourth-order valence-electron chi connectivity index (χ4n) is 2.37. The topological polar surface area (TPSA) is 9.23 Å². The minimum Gasteiger partial charge on any atom is -0.430 e. The van der Waals surface area contributed by atoms with E-state index < -0.39 is 0 Å². The van der Waals surface area contributed by atoms with E-state index in [4.69, 9.17) is 4.65 Å². The predicted octanol–water partition coefficient (Wildman–Crippen LogP) is 3.98. The van der Waals surface area contributed by atoms with Gasteiger partial charge in [-0.1, -0.05) is 62.0 Å². The van der Waals surface area contributed by atoms with Gasteiger partial charge < -0.3 is 4.65 Å². The van der Waals surface area contributed by atoms with Crippen molar-refractivity contribution in [2.24, 2.45) is 5.41 Å². The van der Waals surface area contributed by atoms with Gasteiger partial charge >= 0.3 is 7.48 Å². The molecule has 3 rings (SSSR count). The van der Waals surface area contributed by atoms with Gasteiger partial charge in [0.05, 0.1) is 6.61 Å². The number of benzene rings is 1. The Bertz CT molecular complexity index is 603. The first-order valence-electron chi connectivity index (χ1n) is 7.03. The molecule has 1 unspecified atom stereocenters. The second-order valence-electron chi connectivity index (χ2n) is 5.52. The first kappa shape index (κ1) is 13.8. The van der Waals surface area contributed by atoms with Crippen molar-refractivity contribution in [3.8, 4) is 0 Å². The van der Waals surface area contributed by atoms with Gasteiger partial charge in [-0.25, -0.2) is 0 Å². The third kappa shape index (κ3) is 2.94. The van der Waals surface area contributed by atoms with Crippen LogP contribution in [0, 0.1) is 5.41 Å². The molecule has 0 N–H and O–H groups in total. The van der Waals surface area contributed by atoms with Gasteiger partial charge in [0.1, 0.15) is 0 Å². The summed E-state index contributed by atoms with van der Waals surface area (Å²) >= 11 is 1.82. The molecule has 3 heteroatoms. The van der Waals surface area contributed by atoms with Crippen LogP contribution in [0.1, 0.15) is 25.8 Å². The molecule has 0 saturated carbocycles. The van der Waals surface area contributed by atoms with E-state index in [9.17, 15) is 0 Å². The molecule has 20 heavy (non-hydrogen) atoms. The molecule has 0 amide bonds. The average Bonchev–Trinajstić information content (AvgIpc) is 2.83. The Morgan fingerprint density at radius 2 is 2.25 bits per heavy atom. The molecular weight excluding hydrogens is 263 g/mol. The van der Waals surface area contributed by atoms with E-state index in [2.05, 4.69) is 62.4 Å². The van der Waals surface area contributed by atoms with Crippen LogP contribution in [0.2, 0.25) is 0 Å². The van der Waals surface area contributed by atoms with Gasteiger partial charge in [0, 0.05) is 15.2 Å². The fraction of sp³-hybridized carbons (Fsp3) is 0.294. The summed E-state index contributed by atoms with van der Waals surface area (Å²) in [5.74, 6) is 0. The summed E-state index contributed by atoms with van der Waals surface area (Å²) in [5, 5.41) is 0. The first-order valence-corrected chi connectivity index (χ1v) is 7.84. The smallest absolute Gasteiger partial charge is 0.330 e. The lowest BCUT2D eigenvalue weighted by Crippen LogP contribution is -2.11. The third-order valence-electron chi connectivity index (χ3n) is 3.88. The van der Waals surface area contributed by atoms with E-state index in [0.717, 1.165) is 6.42 Å². The number of rotatable bonds is 3. The van der Waals surface area contributed by atoms with Crippen molar-refractivity contribution in [3.05, 3.63) is 59.0 Å². The molecule has 1 aromatic carbocycles. The molecule has 1 nitrogen and oxygen atoms in total. The lowest BCUT2D eigenvalue weighted by Gasteiger charge is -2.19. The standard InChI is InChI=1S/C17H18BOS/c1-3-17(2)9-5-4-6-15(11-17)20-14-8-7-13-12-19-18-16(13)10-14/h4-11H,3,12H2,1-2H3. The predicted molar refractivity (Wildman–Crippen MR) is 87.2 cm³/mol. The molecule has 1 aliphatic carbocycles. The van der Waals surface area contributed by atoms with Crippen molar-refractivity contribution in [3.63, 3.8) is 0 Å². The highest BCUT2D eigenvalue weighted by Crippen LogP contribution is 2.35. The Balaban J connectivity index is 1.83. The SMILES string of the molecule is CCC1(C)C=CC=CC(Sc2ccc3c(c2)[B]OC3)=C1.